The third-order valence-corrected chi connectivity index (χ3v) is 2.79. The van der Waals surface area contributed by atoms with Crippen LogP contribution in [0.3, 0.4) is 0 Å². The van der Waals surface area contributed by atoms with E-state index in [0.717, 1.165) is 5.57 Å². The van der Waals surface area contributed by atoms with E-state index in [2.05, 4.69) is 21.9 Å². The van der Waals surface area contributed by atoms with Crippen LogP contribution in [0.5, 0.6) is 0 Å². The van der Waals surface area contributed by atoms with E-state index in [9.17, 15) is 14.4 Å². The van der Waals surface area contributed by atoms with E-state index >= 15 is 0 Å². The van der Waals surface area contributed by atoms with E-state index in [1.54, 1.807) is 25.1 Å². The molecule has 1 rings (SSSR count). The molecule has 0 saturated carbocycles. The van der Waals surface area contributed by atoms with Crippen molar-refractivity contribution in [2.45, 2.75) is 26.3 Å². The molecule has 1 atom stereocenters. The zero-order valence-electron chi connectivity index (χ0n) is 12.9. The Morgan fingerprint density at radius 2 is 1.95 bits per heavy atom. The molecule has 0 aliphatic carbocycles. The second-order valence-corrected chi connectivity index (χ2v) is 4.97. The standard InChI is InChI=1S/C16H20N2O4/c1-10(2)8-14(16(21)22-4)18-15(20)12-6-5-7-13(9-12)17-11(3)19/h5-7,9,14H,1,8H2,2-4H3,(H,17,19)(H,18,20)/t14-/m0/s1. The van der Waals surface area contributed by atoms with Gasteiger partial charge in [0.2, 0.25) is 5.91 Å². The average Bonchev–Trinajstić information content (AvgIpc) is 2.44. The van der Waals surface area contributed by atoms with E-state index in [0.29, 0.717) is 17.7 Å². The van der Waals surface area contributed by atoms with E-state index in [1.807, 2.05) is 0 Å². The summed E-state index contributed by atoms with van der Waals surface area (Å²) in [7, 11) is 1.26. The van der Waals surface area contributed by atoms with Crippen LogP contribution >= 0.6 is 0 Å². The summed E-state index contributed by atoms with van der Waals surface area (Å²) in [5.74, 6) is -1.19. The molecule has 0 fully saturated rings. The van der Waals surface area contributed by atoms with Crippen LogP contribution in [0.1, 0.15) is 30.6 Å². The molecule has 0 saturated heterocycles. The van der Waals surface area contributed by atoms with E-state index in [-0.39, 0.29) is 5.91 Å². The summed E-state index contributed by atoms with van der Waals surface area (Å²) in [4.78, 5) is 35.0. The quantitative estimate of drug-likeness (QED) is 0.621. The number of nitrogens with one attached hydrogen (secondary N) is 2. The van der Waals surface area contributed by atoms with Crippen LogP contribution < -0.4 is 10.6 Å². The van der Waals surface area contributed by atoms with Crippen LogP contribution in [0.2, 0.25) is 0 Å². The molecule has 0 radical (unpaired) electrons. The first-order chi connectivity index (χ1) is 10.3. The summed E-state index contributed by atoms with van der Waals surface area (Å²) >= 11 is 0. The molecule has 22 heavy (non-hydrogen) atoms. The minimum atomic E-state index is -0.792. The summed E-state index contributed by atoms with van der Waals surface area (Å²) in [5, 5.41) is 5.20. The monoisotopic (exact) mass is 304 g/mol. The maximum absolute atomic E-state index is 12.2. The fraction of sp³-hybridized carbons (Fsp3) is 0.312. The average molecular weight is 304 g/mol. The number of anilines is 1. The van der Waals surface area contributed by atoms with Gasteiger partial charge in [-0.3, -0.25) is 9.59 Å². The number of amides is 2. The Balaban J connectivity index is 2.87. The molecule has 0 bridgehead atoms. The van der Waals surface area contributed by atoms with Crippen molar-refractivity contribution >= 4 is 23.5 Å². The number of ether oxygens (including phenoxy) is 1. The first-order valence-corrected chi connectivity index (χ1v) is 6.74. The van der Waals surface area contributed by atoms with Crippen molar-refractivity contribution in [3.63, 3.8) is 0 Å². The highest BCUT2D eigenvalue weighted by Gasteiger charge is 2.22. The lowest BCUT2D eigenvalue weighted by Gasteiger charge is -2.16. The number of carbonyl (C=O) groups is 3. The van der Waals surface area contributed by atoms with Crippen LogP contribution in [-0.4, -0.2) is 30.9 Å². The van der Waals surface area contributed by atoms with Gasteiger partial charge in [-0.05, 0) is 31.5 Å². The van der Waals surface area contributed by atoms with Crippen LogP contribution in [-0.2, 0) is 14.3 Å². The maximum Gasteiger partial charge on any atom is 0.328 e. The van der Waals surface area contributed by atoms with Gasteiger partial charge in [0, 0.05) is 18.2 Å². The van der Waals surface area contributed by atoms with Crippen LogP contribution in [0, 0.1) is 0 Å². The molecule has 0 aliphatic heterocycles. The number of hydrogen-bond donors (Lipinski definition) is 2. The fourth-order valence-electron chi connectivity index (χ4n) is 1.87. The highest BCUT2D eigenvalue weighted by Crippen LogP contribution is 2.12. The van der Waals surface area contributed by atoms with Gasteiger partial charge < -0.3 is 15.4 Å². The van der Waals surface area contributed by atoms with Crippen molar-refractivity contribution in [3.05, 3.63) is 42.0 Å². The number of methoxy groups -OCH3 is 1. The van der Waals surface area contributed by atoms with Crippen molar-refractivity contribution in [1.29, 1.82) is 0 Å². The smallest absolute Gasteiger partial charge is 0.328 e. The Morgan fingerprint density at radius 3 is 2.50 bits per heavy atom. The Kier molecular flexibility index (Phi) is 6.31. The second kappa shape index (κ2) is 7.97. The SMILES string of the molecule is C=C(C)C[C@H](NC(=O)c1cccc(NC(C)=O)c1)C(=O)OC. The van der Waals surface area contributed by atoms with E-state index < -0.39 is 17.9 Å². The molecular formula is C16H20N2O4. The van der Waals surface area contributed by atoms with Crippen molar-refractivity contribution < 1.29 is 19.1 Å². The summed E-state index contributed by atoms with van der Waals surface area (Å²) in [6, 6.07) is 5.65. The van der Waals surface area contributed by atoms with E-state index in [1.165, 1.54) is 20.1 Å². The van der Waals surface area contributed by atoms with Gasteiger partial charge in [0.25, 0.3) is 5.91 Å². The Labute approximate surface area is 129 Å². The number of benzene rings is 1. The van der Waals surface area contributed by atoms with Crippen LogP contribution in [0.15, 0.2) is 36.4 Å². The lowest BCUT2D eigenvalue weighted by atomic mass is 10.1. The molecule has 0 aliphatic rings. The lowest BCUT2D eigenvalue weighted by molar-refractivity contribution is -0.142. The largest absolute Gasteiger partial charge is 0.467 e. The minimum Gasteiger partial charge on any atom is -0.467 e. The second-order valence-electron chi connectivity index (χ2n) is 4.97. The van der Waals surface area contributed by atoms with Gasteiger partial charge in [0.15, 0.2) is 0 Å². The molecule has 1 aromatic rings. The molecule has 6 nitrogen and oxygen atoms in total. The van der Waals surface area contributed by atoms with E-state index in [4.69, 9.17) is 0 Å². The molecule has 2 N–H and O–H groups in total. The summed E-state index contributed by atoms with van der Waals surface area (Å²) in [6.07, 6.45) is 0.295. The predicted molar refractivity (Wildman–Crippen MR) is 83.4 cm³/mol. The summed E-state index contributed by atoms with van der Waals surface area (Å²) in [5.41, 5.74) is 1.60. The Morgan fingerprint density at radius 1 is 1.27 bits per heavy atom. The van der Waals surface area contributed by atoms with Gasteiger partial charge in [0.05, 0.1) is 7.11 Å². The Hall–Kier alpha value is -2.63. The lowest BCUT2D eigenvalue weighted by Crippen LogP contribution is -2.41. The molecule has 2 amide bonds. The highest BCUT2D eigenvalue weighted by atomic mass is 16.5. The zero-order valence-corrected chi connectivity index (χ0v) is 12.9. The van der Waals surface area contributed by atoms with Crippen molar-refractivity contribution in [3.8, 4) is 0 Å². The number of hydrogen-bond acceptors (Lipinski definition) is 4. The maximum atomic E-state index is 12.2. The van der Waals surface area contributed by atoms with Crippen molar-refractivity contribution in [2.24, 2.45) is 0 Å². The molecule has 0 unspecified atom stereocenters. The summed E-state index contributed by atoms with van der Waals surface area (Å²) in [6.45, 7) is 6.88. The third kappa shape index (κ3) is 5.40. The number of carbonyl (C=O) groups excluding carboxylic acids is 3. The van der Waals surface area contributed by atoms with Crippen molar-refractivity contribution in [1.82, 2.24) is 5.32 Å². The van der Waals surface area contributed by atoms with Gasteiger partial charge in [-0.25, -0.2) is 4.79 Å². The zero-order chi connectivity index (χ0) is 16.7. The van der Waals surface area contributed by atoms with Gasteiger partial charge in [0.1, 0.15) is 6.04 Å². The first-order valence-electron chi connectivity index (χ1n) is 6.74. The number of rotatable bonds is 6. The highest BCUT2D eigenvalue weighted by molar-refractivity contribution is 5.98. The van der Waals surface area contributed by atoms with Gasteiger partial charge in [-0.2, -0.15) is 0 Å². The molecule has 1 aromatic carbocycles. The topological polar surface area (TPSA) is 84.5 Å². The van der Waals surface area contributed by atoms with Crippen LogP contribution in [0.25, 0.3) is 0 Å². The van der Waals surface area contributed by atoms with Gasteiger partial charge >= 0.3 is 5.97 Å². The first kappa shape index (κ1) is 17.4. The third-order valence-electron chi connectivity index (χ3n) is 2.79. The normalized spacial score (nSPS) is 11.2. The van der Waals surface area contributed by atoms with Crippen LogP contribution in [0.4, 0.5) is 5.69 Å². The molecule has 0 heterocycles. The summed E-state index contributed by atoms with van der Waals surface area (Å²) < 4.78 is 4.67. The fourth-order valence-corrected chi connectivity index (χ4v) is 1.87. The van der Waals surface area contributed by atoms with Gasteiger partial charge in [-0.1, -0.05) is 11.6 Å². The molecule has 0 aromatic heterocycles. The predicted octanol–water partition coefficient (Wildman–Crippen LogP) is 1.88. The number of esters is 1. The Bertz CT molecular complexity index is 596. The molecule has 0 spiro atoms. The molecule has 118 valence electrons. The van der Waals surface area contributed by atoms with Gasteiger partial charge in [-0.15, -0.1) is 6.58 Å². The minimum absolute atomic E-state index is 0.229. The molecule has 6 heteroatoms. The molecular weight excluding hydrogens is 284 g/mol. The van der Waals surface area contributed by atoms with Crippen molar-refractivity contribution in [2.75, 3.05) is 12.4 Å².